The van der Waals surface area contributed by atoms with E-state index in [1.54, 1.807) is 0 Å². The van der Waals surface area contributed by atoms with E-state index in [-0.39, 0.29) is 5.75 Å². The predicted molar refractivity (Wildman–Crippen MR) is 74.6 cm³/mol. The van der Waals surface area contributed by atoms with E-state index in [1.807, 2.05) is 30.3 Å². The van der Waals surface area contributed by atoms with Gasteiger partial charge in [-0.25, -0.2) is 8.42 Å². The number of hydrogen-bond donors (Lipinski definition) is 1. The summed E-state index contributed by atoms with van der Waals surface area (Å²) in [7, 11) is -3.09. The largest absolute Gasteiger partial charge is 0.459 e. The first-order valence-corrected chi connectivity index (χ1v) is 8.25. The van der Waals surface area contributed by atoms with Gasteiger partial charge >= 0.3 is 0 Å². The van der Waals surface area contributed by atoms with Crippen LogP contribution in [0.5, 0.6) is 0 Å². The van der Waals surface area contributed by atoms with E-state index in [2.05, 4.69) is 0 Å². The summed E-state index contributed by atoms with van der Waals surface area (Å²) in [6, 6.07) is 8.89. The van der Waals surface area contributed by atoms with Gasteiger partial charge in [-0.3, -0.25) is 0 Å². The Kier molecular flexibility index (Phi) is 3.11. The maximum atomic E-state index is 12.1. The molecule has 2 atom stereocenters. The van der Waals surface area contributed by atoms with E-state index in [0.717, 1.165) is 23.8 Å². The molecule has 1 aromatic heterocycles. The van der Waals surface area contributed by atoms with Crippen LogP contribution in [0.3, 0.4) is 0 Å². The highest BCUT2D eigenvalue weighted by molar-refractivity contribution is 7.92. The van der Waals surface area contributed by atoms with Crippen LogP contribution in [0.4, 0.5) is 0 Å². The molecule has 0 saturated carbocycles. The zero-order valence-corrected chi connectivity index (χ0v) is 11.4. The second kappa shape index (κ2) is 4.65. The van der Waals surface area contributed by atoms with Gasteiger partial charge in [-0.1, -0.05) is 24.6 Å². The standard InChI is InChI=1S/C14H17NO3S/c15-14(13-7-3-4-8-19(13,16)17)12-9-10-5-1-2-6-11(10)18-12/h1-2,5-6,9,13-14H,3-4,7-8,15H2. The van der Waals surface area contributed by atoms with E-state index in [1.165, 1.54) is 0 Å². The van der Waals surface area contributed by atoms with Crippen molar-refractivity contribution in [1.82, 2.24) is 0 Å². The van der Waals surface area contributed by atoms with Crippen molar-refractivity contribution in [3.05, 3.63) is 36.1 Å². The highest BCUT2D eigenvalue weighted by Gasteiger charge is 2.35. The molecule has 1 saturated heterocycles. The molecule has 0 spiro atoms. The van der Waals surface area contributed by atoms with E-state index >= 15 is 0 Å². The van der Waals surface area contributed by atoms with Gasteiger partial charge in [0, 0.05) is 5.39 Å². The highest BCUT2D eigenvalue weighted by atomic mass is 32.2. The Labute approximate surface area is 112 Å². The molecule has 0 radical (unpaired) electrons. The third-order valence-corrected chi connectivity index (χ3v) is 6.11. The molecule has 0 aliphatic carbocycles. The van der Waals surface area contributed by atoms with Gasteiger partial charge in [0.25, 0.3) is 0 Å². The molecule has 4 nitrogen and oxygen atoms in total. The number of rotatable bonds is 2. The molecule has 3 rings (SSSR count). The Morgan fingerprint density at radius 1 is 1.26 bits per heavy atom. The van der Waals surface area contributed by atoms with Crippen LogP contribution >= 0.6 is 0 Å². The molecule has 2 heterocycles. The average Bonchev–Trinajstić information content (AvgIpc) is 2.81. The molecule has 1 aromatic carbocycles. The summed E-state index contributed by atoms with van der Waals surface area (Å²) >= 11 is 0. The fourth-order valence-electron chi connectivity index (χ4n) is 2.73. The summed E-state index contributed by atoms with van der Waals surface area (Å²) < 4.78 is 29.9. The Morgan fingerprint density at radius 2 is 2.05 bits per heavy atom. The molecule has 1 aliphatic heterocycles. The summed E-state index contributed by atoms with van der Waals surface area (Å²) in [6.45, 7) is 0. The van der Waals surface area contributed by atoms with Crippen LogP contribution in [0.2, 0.25) is 0 Å². The minimum absolute atomic E-state index is 0.242. The minimum atomic E-state index is -3.09. The van der Waals surface area contributed by atoms with Crippen molar-refractivity contribution in [1.29, 1.82) is 0 Å². The Hall–Kier alpha value is -1.33. The summed E-state index contributed by atoms with van der Waals surface area (Å²) in [6.07, 6.45) is 2.28. The number of benzene rings is 1. The molecule has 0 bridgehead atoms. The molecule has 5 heteroatoms. The number of sulfone groups is 1. The zero-order chi connectivity index (χ0) is 13.5. The zero-order valence-electron chi connectivity index (χ0n) is 10.6. The normalized spacial score (nSPS) is 24.4. The average molecular weight is 279 g/mol. The molecule has 1 aliphatic rings. The van der Waals surface area contributed by atoms with Gasteiger partial charge in [-0.2, -0.15) is 0 Å². The monoisotopic (exact) mass is 279 g/mol. The molecular formula is C14H17NO3S. The minimum Gasteiger partial charge on any atom is -0.459 e. The second-order valence-electron chi connectivity index (χ2n) is 5.11. The van der Waals surface area contributed by atoms with Crippen molar-refractivity contribution >= 4 is 20.8 Å². The first-order chi connectivity index (χ1) is 9.08. The highest BCUT2D eigenvalue weighted by Crippen LogP contribution is 2.31. The van der Waals surface area contributed by atoms with Crippen LogP contribution in [-0.2, 0) is 9.84 Å². The van der Waals surface area contributed by atoms with Crippen molar-refractivity contribution in [2.24, 2.45) is 5.73 Å². The van der Waals surface area contributed by atoms with E-state index < -0.39 is 21.1 Å². The lowest BCUT2D eigenvalue weighted by Crippen LogP contribution is -2.37. The maximum Gasteiger partial charge on any atom is 0.155 e. The third kappa shape index (κ3) is 2.28. The molecule has 2 unspecified atom stereocenters. The smallest absolute Gasteiger partial charge is 0.155 e. The third-order valence-electron chi connectivity index (χ3n) is 3.80. The number of para-hydroxylation sites is 1. The predicted octanol–water partition coefficient (Wildman–Crippen LogP) is 2.40. The first kappa shape index (κ1) is 12.7. The SMILES string of the molecule is NC(c1cc2ccccc2o1)C1CCCCS1(=O)=O. The van der Waals surface area contributed by atoms with Crippen LogP contribution in [0.1, 0.15) is 31.1 Å². The van der Waals surface area contributed by atoms with Crippen molar-refractivity contribution in [3.63, 3.8) is 0 Å². The number of furan rings is 1. The number of nitrogens with two attached hydrogens (primary N) is 1. The molecular weight excluding hydrogens is 262 g/mol. The summed E-state index contributed by atoms with van der Waals surface area (Å²) in [4.78, 5) is 0. The topological polar surface area (TPSA) is 73.3 Å². The van der Waals surface area contributed by atoms with E-state index in [9.17, 15) is 8.42 Å². The van der Waals surface area contributed by atoms with Crippen molar-refractivity contribution in [2.45, 2.75) is 30.6 Å². The van der Waals surface area contributed by atoms with Gasteiger partial charge in [-0.05, 0) is 25.0 Å². The summed E-state index contributed by atoms with van der Waals surface area (Å²) in [5.74, 6) is 0.808. The molecule has 1 fully saturated rings. The van der Waals surface area contributed by atoms with Crippen LogP contribution < -0.4 is 5.73 Å². The Bertz CT molecular complexity index is 657. The summed E-state index contributed by atoms with van der Waals surface area (Å²) in [5.41, 5.74) is 6.89. The van der Waals surface area contributed by atoms with Crippen molar-refractivity contribution in [2.75, 3.05) is 5.75 Å². The lowest BCUT2D eigenvalue weighted by Gasteiger charge is -2.26. The van der Waals surface area contributed by atoms with Crippen molar-refractivity contribution in [3.8, 4) is 0 Å². The lowest BCUT2D eigenvalue weighted by atomic mass is 10.1. The lowest BCUT2D eigenvalue weighted by molar-refractivity contribution is 0.444. The van der Waals surface area contributed by atoms with Gasteiger partial charge in [-0.15, -0.1) is 0 Å². The second-order valence-corrected chi connectivity index (χ2v) is 7.45. The van der Waals surface area contributed by atoms with Crippen LogP contribution in [0.15, 0.2) is 34.7 Å². The molecule has 2 aromatic rings. The molecule has 19 heavy (non-hydrogen) atoms. The van der Waals surface area contributed by atoms with E-state index in [0.29, 0.717) is 12.2 Å². The van der Waals surface area contributed by atoms with Gasteiger partial charge in [0.05, 0.1) is 17.0 Å². The fraction of sp³-hybridized carbons (Fsp3) is 0.429. The first-order valence-electron chi connectivity index (χ1n) is 6.53. The fourth-order valence-corrected chi connectivity index (χ4v) is 4.75. The van der Waals surface area contributed by atoms with Crippen LogP contribution in [0.25, 0.3) is 11.0 Å². The summed E-state index contributed by atoms with van der Waals surface area (Å²) in [5, 5.41) is 0.447. The van der Waals surface area contributed by atoms with Crippen LogP contribution in [-0.4, -0.2) is 19.4 Å². The Morgan fingerprint density at radius 3 is 2.79 bits per heavy atom. The number of fused-ring (bicyclic) bond motifs is 1. The molecule has 2 N–H and O–H groups in total. The van der Waals surface area contributed by atoms with Gasteiger partial charge in [0.2, 0.25) is 0 Å². The van der Waals surface area contributed by atoms with Crippen molar-refractivity contribution < 1.29 is 12.8 Å². The van der Waals surface area contributed by atoms with Gasteiger partial charge in [0.1, 0.15) is 11.3 Å². The Balaban J connectivity index is 1.96. The van der Waals surface area contributed by atoms with Gasteiger partial charge < -0.3 is 10.2 Å². The maximum absolute atomic E-state index is 12.1. The van der Waals surface area contributed by atoms with Gasteiger partial charge in [0.15, 0.2) is 9.84 Å². The number of hydrogen-bond acceptors (Lipinski definition) is 4. The molecule has 102 valence electrons. The molecule has 0 amide bonds. The van der Waals surface area contributed by atoms with Crippen LogP contribution in [0, 0.1) is 0 Å². The van der Waals surface area contributed by atoms with E-state index in [4.69, 9.17) is 10.2 Å². The quantitative estimate of drug-likeness (QED) is 0.916.